The summed E-state index contributed by atoms with van der Waals surface area (Å²) in [6.45, 7) is 10.3. The van der Waals surface area contributed by atoms with Crippen molar-refractivity contribution in [3.05, 3.63) is 48.0 Å². The number of ether oxygens (including phenoxy) is 2. The van der Waals surface area contributed by atoms with Crippen LogP contribution in [0.4, 0.5) is 11.4 Å². The molecule has 1 fully saturated rings. The van der Waals surface area contributed by atoms with Crippen molar-refractivity contribution < 1.29 is 14.3 Å². The van der Waals surface area contributed by atoms with Crippen LogP contribution in [0.25, 0.3) is 0 Å². The summed E-state index contributed by atoms with van der Waals surface area (Å²) in [4.78, 5) is 19.0. The molecule has 1 aliphatic heterocycles. The number of nitrogens with two attached hydrogens (primary N) is 1. The van der Waals surface area contributed by atoms with E-state index < -0.39 is 8.07 Å². The summed E-state index contributed by atoms with van der Waals surface area (Å²) in [5, 5.41) is 10.4. The molecule has 0 aliphatic carbocycles. The van der Waals surface area contributed by atoms with E-state index >= 15 is 0 Å². The van der Waals surface area contributed by atoms with Crippen LogP contribution in [0.3, 0.4) is 0 Å². The Kier molecular flexibility index (Phi) is 10.2. The zero-order valence-corrected chi connectivity index (χ0v) is 22.7. The molecule has 0 radical (unpaired) electrons. The van der Waals surface area contributed by atoms with E-state index in [1.54, 1.807) is 18.2 Å². The highest BCUT2D eigenvalue weighted by Gasteiger charge is 2.16. The number of benzene rings is 2. The topological polar surface area (TPSA) is 113 Å². The van der Waals surface area contributed by atoms with Crippen molar-refractivity contribution in [1.82, 2.24) is 4.90 Å². The fourth-order valence-corrected chi connectivity index (χ4v) is 4.60. The minimum atomic E-state index is -1.12. The van der Waals surface area contributed by atoms with Crippen LogP contribution in [0, 0.1) is 5.41 Å². The SMILES string of the molecule is C[Si](C)(C)CCOCN=C(CC=N)c1ccc(Oc2ccc(NC(=O)CN3CCCC3)c(N)c2)cc1. The molecule has 0 bridgehead atoms. The number of nitrogens with zero attached hydrogens (tertiary/aromatic N) is 2. The standard InChI is InChI=1S/C27H39N5O3Si/c1-36(2,3)17-16-34-20-30-25(12-13-28)21-6-8-22(9-7-21)35-23-10-11-26(24(29)18-23)31-27(33)19-32-14-4-5-15-32/h6-11,13,18,28H,4-5,12,14-17,19-20,29H2,1-3H3,(H,31,33). The molecule has 36 heavy (non-hydrogen) atoms. The van der Waals surface area contributed by atoms with E-state index in [4.69, 9.17) is 20.6 Å². The molecule has 9 heteroatoms. The van der Waals surface area contributed by atoms with Crippen molar-refractivity contribution in [2.75, 3.05) is 44.0 Å². The highest BCUT2D eigenvalue weighted by atomic mass is 28.3. The van der Waals surface area contributed by atoms with Crippen LogP contribution in [-0.2, 0) is 9.53 Å². The third kappa shape index (κ3) is 9.22. The van der Waals surface area contributed by atoms with Gasteiger partial charge in [-0.05, 0) is 73.9 Å². The van der Waals surface area contributed by atoms with Gasteiger partial charge in [0, 0.05) is 33.4 Å². The van der Waals surface area contributed by atoms with Gasteiger partial charge in [-0.3, -0.25) is 14.7 Å². The molecule has 1 saturated heterocycles. The summed E-state index contributed by atoms with van der Waals surface area (Å²) in [5.41, 5.74) is 8.94. The zero-order chi connectivity index (χ0) is 26.0. The largest absolute Gasteiger partial charge is 0.457 e. The summed E-state index contributed by atoms with van der Waals surface area (Å²) in [6, 6.07) is 13.9. The van der Waals surface area contributed by atoms with Crippen molar-refractivity contribution in [3.63, 3.8) is 0 Å². The smallest absolute Gasteiger partial charge is 0.238 e. The maximum absolute atomic E-state index is 12.3. The molecule has 0 atom stereocenters. The zero-order valence-electron chi connectivity index (χ0n) is 21.7. The molecule has 3 rings (SSSR count). The molecular formula is C27H39N5O3Si. The first-order valence-corrected chi connectivity index (χ1v) is 16.2. The average molecular weight is 510 g/mol. The van der Waals surface area contributed by atoms with Crippen LogP contribution in [0.5, 0.6) is 11.5 Å². The van der Waals surface area contributed by atoms with Gasteiger partial charge in [0.1, 0.15) is 18.2 Å². The van der Waals surface area contributed by atoms with Crippen molar-refractivity contribution in [2.45, 2.75) is 44.9 Å². The third-order valence-corrected chi connectivity index (χ3v) is 7.63. The number of nitrogens with one attached hydrogen (secondary N) is 2. The van der Waals surface area contributed by atoms with Crippen LogP contribution in [0.2, 0.25) is 25.7 Å². The molecule has 4 N–H and O–H groups in total. The lowest BCUT2D eigenvalue weighted by Gasteiger charge is -2.15. The van der Waals surface area contributed by atoms with Gasteiger partial charge in [0.05, 0.1) is 23.6 Å². The van der Waals surface area contributed by atoms with Crippen molar-refractivity contribution in [3.8, 4) is 11.5 Å². The summed E-state index contributed by atoms with van der Waals surface area (Å²) in [5.74, 6) is 1.18. The van der Waals surface area contributed by atoms with Crippen LogP contribution in [0.15, 0.2) is 47.5 Å². The van der Waals surface area contributed by atoms with E-state index in [0.29, 0.717) is 49.2 Å². The molecule has 194 valence electrons. The Hall–Kier alpha value is -3.01. The van der Waals surface area contributed by atoms with E-state index in [1.165, 1.54) is 6.21 Å². The third-order valence-electron chi connectivity index (χ3n) is 5.92. The number of anilines is 2. The number of likely N-dealkylation sites (tertiary alicyclic amines) is 1. The van der Waals surface area contributed by atoms with Gasteiger partial charge >= 0.3 is 0 Å². The Balaban J connectivity index is 1.55. The Morgan fingerprint density at radius 2 is 1.83 bits per heavy atom. The van der Waals surface area contributed by atoms with Gasteiger partial charge in [-0.15, -0.1) is 0 Å². The number of aliphatic imine (C=N–C) groups is 1. The van der Waals surface area contributed by atoms with Gasteiger partial charge in [0.25, 0.3) is 0 Å². The lowest BCUT2D eigenvalue weighted by molar-refractivity contribution is -0.117. The fourth-order valence-electron chi connectivity index (χ4n) is 3.84. The van der Waals surface area contributed by atoms with Crippen molar-refractivity contribution >= 4 is 37.3 Å². The van der Waals surface area contributed by atoms with Gasteiger partial charge < -0.3 is 25.9 Å². The molecule has 0 saturated carbocycles. The molecule has 0 unspecified atom stereocenters. The summed E-state index contributed by atoms with van der Waals surface area (Å²) in [6.07, 6.45) is 4.08. The van der Waals surface area contributed by atoms with Gasteiger partial charge in [0.15, 0.2) is 0 Å². The maximum Gasteiger partial charge on any atom is 0.238 e. The van der Waals surface area contributed by atoms with Gasteiger partial charge in [-0.1, -0.05) is 19.6 Å². The lowest BCUT2D eigenvalue weighted by atomic mass is 10.1. The number of amides is 1. The monoisotopic (exact) mass is 509 g/mol. The Bertz CT molecular complexity index is 1040. The number of nitrogen functional groups attached to an aromatic ring is 1. The average Bonchev–Trinajstić information content (AvgIpc) is 3.33. The number of hydrogen-bond acceptors (Lipinski definition) is 7. The summed E-state index contributed by atoms with van der Waals surface area (Å²) in [7, 11) is -1.12. The second-order valence-corrected chi connectivity index (χ2v) is 15.9. The van der Waals surface area contributed by atoms with Crippen LogP contribution < -0.4 is 15.8 Å². The van der Waals surface area contributed by atoms with E-state index in [1.807, 2.05) is 24.3 Å². The molecule has 1 amide bonds. The van der Waals surface area contributed by atoms with Crippen LogP contribution in [0.1, 0.15) is 24.8 Å². The first-order chi connectivity index (χ1) is 17.2. The maximum atomic E-state index is 12.3. The summed E-state index contributed by atoms with van der Waals surface area (Å²) < 4.78 is 11.7. The van der Waals surface area contributed by atoms with Gasteiger partial charge in [-0.2, -0.15) is 0 Å². The van der Waals surface area contributed by atoms with E-state index in [2.05, 4.69) is 34.9 Å². The number of carbonyl (C=O) groups excluding carboxylic acids is 1. The minimum Gasteiger partial charge on any atom is -0.457 e. The second-order valence-electron chi connectivity index (χ2n) is 10.3. The Labute approximate surface area is 215 Å². The lowest BCUT2D eigenvalue weighted by Crippen LogP contribution is -2.31. The van der Waals surface area contributed by atoms with Crippen LogP contribution in [-0.4, -0.2) is 63.8 Å². The molecule has 1 aliphatic rings. The number of carbonyl (C=O) groups is 1. The van der Waals surface area contributed by atoms with Gasteiger partial charge in [0.2, 0.25) is 5.91 Å². The summed E-state index contributed by atoms with van der Waals surface area (Å²) >= 11 is 0. The Morgan fingerprint density at radius 1 is 1.14 bits per heavy atom. The highest BCUT2D eigenvalue weighted by Crippen LogP contribution is 2.28. The molecule has 8 nitrogen and oxygen atoms in total. The normalized spacial score (nSPS) is 14.6. The van der Waals surface area contributed by atoms with E-state index in [-0.39, 0.29) is 5.91 Å². The first-order valence-electron chi connectivity index (χ1n) is 12.5. The fraction of sp³-hybridized carbons (Fsp3) is 0.444. The first kappa shape index (κ1) is 27.6. The molecule has 0 aromatic heterocycles. The number of hydrogen-bond donors (Lipinski definition) is 3. The van der Waals surface area contributed by atoms with Gasteiger partial charge in [-0.25, -0.2) is 0 Å². The molecule has 1 heterocycles. The number of rotatable bonds is 13. The quantitative estimate of drug-likeness (QED) is 0.148. The predicted octanol–water partition coefficient (Wildman–Crippen LogP) is 5.24. The van der Waals surface area contributed by atoms with Crippen molar-refractivity contribution in [2.24, 2.45) is 4.99 Å². The predicted molar refractivity (Wildman–Crippen MR) is 151 cm³/mol. The van der Waals surface area contributed by atoms with Crippen molar-refractivity contribution in [1.29, 1.82) is 5.41 Å². The molecular weight excluding hydrogens is 470 g/mol. The molecule has 0 spiro atoms. The van der Waals surface area contributed by atoms with E-state index in [0.717, 1.165) is 43.3 Å². The molecule has 2 aromatic carbocycles. The van der Waals surface area contributed by atoms with Crippen LogP contribution >= 0.6 is 0 Å². The van der Waals surface area contributed by atoms with E-state index in [9.17, 15) is 4.79 Å². The Morgan fingerprint density at radius 3 is 2.47 bits per heavy atom. The second kappa shape index (κ2) is 13.3. The molecule has 2 aromatic rings. The highest BCUT2D eigenvalue weighted by molar-refractivity contribution is 6.76. The minimum absolute atomic E-state index is 0.0586.